The van der Waals surface area contributed by atoms with E-state index in [2.05, 4.69) is 25.3 Å². The van der Waals surface area contributed by atoms with Gasteiger partial charge < -0.3 is 10.3 Å². The highest BCUT2D eigenvalue weighted by Gasteiger charge is 2.28. The first kappa shape index (κ1) is 9.98. The molecule has 0 saturated carbocycles. The van der Waals surface area contributed by atoms with E-state index in [1.165, 1.54) is 6.33 Å². The molecule has 7 heteroatoms. The molecule has 17 heavy (non-hydrogen) atoms. The number of hydrogen-bond acceptors (Lipinski definition) is 4. The van der Waals surface area contributed by atoms with Crippen LogP contribution in [0, 0.1) is 0 Å². The third-order valence-corrected chi connectivity index (χ3v) is 2.63. The number of anilines is 1. The highest BCUT2D eigenvalue weighted by molar-refractivity contribution is 6.40. The zero-order valence-electron chi connectivity index (χ0n) is 8.44. The first-order valence-electron chi connectivity index (χ1n) is 4.79. The van der Waals surface area contributed by atoms with Crippen molar-refractivity contribution in [3.63, 3.8) is 0 Å². The maximum atomic E-state index is 11.8. The summed E-state index contributed by atoms with van der Waals surface area (Å²) in [4.78, 5) is 26.5. The van der Waals surface area contributed by atoms with Crippen molar-refractivity contribution < 1.29 is 4.79 Å². The van der Waals surface area contributed by atoms with E-state index in [0.717, 1.165) is 0 Å². The van der Waals surface area contributed by atoms with E-state index in [1.54, 1.807) is 18.5 Å². The number of H-pyrrole nitrogens is 1. The van der Waals surface area contributed by atoms with Crippen LogP contribution in [0.15, 0.2) is 18.7 Å². The zero-order valence-corrected chi connectivity index (χ0v) is 9.19. The molecule has 0 radical (unpaired) electrons. The topological polar surface area (TPSA) is 83.6 Å². The predicted octanol–water partition coefficient (Wildman–Crippen LogP) is 1.35. The van der Waals surface area contributed by atoms with E-state index >= 15 is 0 Å². The minimum atomic E-state index is -0.265. The Hall–Kier alpha value is -2.21. The van der Waals surface area contributed by atoms with E-state index in [1.807, 2.05) is 0 Å². The summed E-state index contributed by atoms with van der Waals surface area (Å²) >= 11 is 5.96. The van der Waals surface area contributed by atoms with Gasteiger partial charge >= 0.3 is 0 Å². The number of nitrogens with one attached hydrogen (secondary N) is 2. The molecular formula is C10H6ClN5O. The molecule has 1 aliphatic rings. The minimum Gasteiger partial charge on any atom is -0.345 e. The third kappa shape index (κ3) is 1.58. The fourth-order valence-corrected chi connectivity index (χ4v) is 1.85. The molecule has 1 amide bonds. The molecule has 0 saturated heterocycles. The maximum Gasteiger partial charge on any atom is 0.257 e. The zero-order chi connectivity index (χ0) is 11.8. The average Bonchev–Trinajstić information content (AvgIpc) is 2.89. The van der Waals surface area contributed by atoms with Crippen molar-refractivity contribution in [1.82, 2.24) is 19.9 Å². The van der Waals surface area contributed by atoms with Gasteiger partial charge in [0, 0.05) is 12.4 Å². The van der Waals surface area contributed by atoms with Crippen molar-refractivity contribution in [2.45, 2.75) is 0 Å². The molecule has 2 aromatic rings. The molecule has 0 unspecified atom stereocenters. The van der Waals surface area contributed by atoms with Crippen LogP contribution < -0.4 is 5.32 Å². The molecule has 0 atom stereocenters. The largest absolute Gasteiger partial charge is 0.345 e. The lowest BCUT2D eigenvalue weighted by Gasteiger charge is -1.98. The number of imidazole rings is 1. The van der Waals surface area contributed by atoms with Gasteiger partial charge in [0.05, 0.1) is 11.1 Å². The van der Waals surface area contributed by atoms with Gasteiger partial charge in [0.2, 0.25) is 0 Å². The third-order valence-electron chi connectivity index (χ3n) is 2.35. The fourth-order valence-electron chi connectivity index (χ4n) is 1.62. The molecule has 0 aromatic carbocycles. The Morgan fingerprint density at radius 3 is 2.94 bits per heavy atom. The van der Waals surface area contributed by atoms with Crippen molar-refractivity contribution in [3.05, 3.63) is 35.3 Å². The lowest BCUT2D eigenvalue weighted by molar-refractivity contribution is -0.110. The van der Waals surface area contributed by atoms with Crippen molar-refractivity contribution in [2.24, 2.45) is 0 Å². The number of nitrogens with zero attached hydrogens (tertiary/aromatic N) is 3. The van der Waals surface area contributed by atoms with Gasteiger partial charge in [-0.3, -0.25) is 4.79 Å². The number of carbonyl (C=O) groups is 1. The summed E-state index contributed by atoms with van der Waals surface area (Å²) in [6, 6.07) is 0. The Morgan fingerprint density at radius 2 is 2.18 bits per heavy atom. The molecule has 2 N–H and O–H groups in total. The van der Waals surface area contributed by atoms with Crippen molar-refractivity contribution in [2.75, 3.05) is 5.32 Å². The summed E-state index contributed by atoms with van der Waals surface area (Å²) in [5, 5.41) is 2.86. The fraction of sp³-hybridized carbons (Fsp3) is 0. The number of carbonyl (C=O) groups excluding carboxylic acids is 1. The Kier molecular flexibility index (Phi) is 2.15. The summed E-state index contributed by atoms with van der Waals surface area (Å²) in [5.41, 5.74) is 0.913. The molecular weight excluding hydrogens is 242 g/mol. The molecule has 3 heterocycles. The normalized spacial score (nSPS) is 16.1. The SMILES string of the molecule is O=C1Nc2ncnc(Cl)c2C1=Cc1ncc[nH]1. The summed E-state index contributed by atoms with van der Waals surface area (Å²) in [5.74, 6) is 0.731. The van der Waals surface area contributed by atoms with Crippen LogP contribution in [0.4, 0.5) is 5.82 Å². The van der Waals surface area contributed by atoms with E-state index in [-0.39, 0.29) is 11.1 Å². The molecule has 2 aromatic heterocycles. The van der Waals surface area contributed by atoms with Gasteiger partial charge in [0.25, 0.3) is 5.91 Å². The van der Waals surface area contributed by atoms with Crippen LogP contribution in [0.3, 0.4) is 0 Å². The number of amides is 1. The number of halogens is 1. The summed E-state index contributed by atoms with van der Waals surface area (Å²) in [7, 11) is 0. The molecule has 6 nitrogen and oxygen atoms in total. The van der Waals surface area contributed by atoms with E-state index in [0.29, 0.717) is 22.8 Å². The summed E-state index contributed by atoms with van der Waals surface area (Å²) < 4.78 is 0. The van der Waals surface area contributed by atoms with Crippen LogP contribution in [0.25, 0.3) is 11.6 Å². The second-order valence-electron chi connectivity index (χ2n) is 3.37. The van der Waals surface area contributed by atoms with E-state index < -0.39 is 0 Å². The number of hydrogen-bond donors (Lipinski definition) is 2. The molecule has 0 aliphatic carbocycles. The van der Waals surface area contributed by atoms with Gasteiger partial charge in [-0.15, -0.1) is 0 Å². The van der Waals surface area contributed by atoms with Gasteiger partial charge in [-0.1, -0.05) is 11.6 Å². The van der Waals surface area contributed by atoms with Crippen molar-refractivity contribution in [1.29, 1.82) is 0 Å². The van der Waals surface area contributed by atoms with Gasteiger partial charge in [-0.25, -0.2) is 15.0 Å². The molecule has 0 fully saturated rings. The molecule has 0 bridgehead atoms. The maximum absolute atomic E-state index is 11.8. The molecule has 3 rings (SSSR count). The smallest absolute Gasteiger partial charge is 0.257 e. The number of aromatic amines is 1. The number of rotatable bonds is 1. The van der Waals surface area contributed by atoms with Gasteiger partial charge in [-0.2, -0.15) is 0 Å². The molecule has 0 spiro atoms. The summed E-state index contributed by atoms with van der Waals surface area (Å²) in [6.45, 7) is 0. The number of fused-ring (bicyclic) bond motifs is 1. The van der Waals surface area contributed by atoms with E-state index in [9.17, 15) is 4.79 Å². The average molecular weight is 248 g/mol. The first-order chi connectivity index (χ1) is 8.25. The second kappa shape index (κ2) is 3.67. The predicted molar refractivity (Wildman–Crippen MR) is 62.1 cm³/mol. The Morgan fingerprint density at radius 1 is 1.29 bits per heavy atom. The van der Waals surface area contributed by atoms with Crippen LogP contribution in [0.1, 0.15) is 11.4 Å². The lowest BCUT2D eigenvalue weighted by atomic mass is 10.1. The van der Waals surface area contributed by atoms with Crippen LogP contribution in [-0.2, 0) is 4.79 Å². The summed E-state index contributed by atoms with van der Waals surface area (Å²) in [6.07, 6.45) is 6.18. The van der Waals surface area contributed by atoms with Crippen LogP contribution in [0.2, 0.25) is 5.15 Å². The van der Waals surface area contributed by atoms with Crippen molar-refractivity contribution in [3.8, 4) is 0 Å². The van der Waals surface area contributed by atoms with Crippen LogP contribution >= 0.6 is 11.6 Å². The van der Waals surface area contributed by atoms with Crippen LogP contribution in [-0.4, -0.2) is 25.8 Å². The first-order valence-corrected chi connectivity index (χ1v) is 5.17. The highest BCUT2D eigenvalue weighted by Crippen LogP contribution is 2.34. The van der Waals surface area contributed by atoms with Gasteiger partial charge in [-0.05, 0) is 6.08 Å². The second-order valence-corrected chi connectivity index (χ2v) is 3.73. The number of aromatic nitrogens is 4. The van der Waals surface area contributed by atoms with Gasteiger partial charge in [0.1, 0.15) is 23.1 Å². The monoisotopic (exact) mass is 247 g/mol. The Balaban J connectivity index is 2.17. The lowest BCUT2D eigenvalue weighted by Crippen LogP contribution is -2.04. The van der Waals surface area contributed by atoms with E-state index in [4.69, 9.17) is 11.6 Å². The highest BCUT2D eigenvalue weighted by atomic mass is 35.5. The molecule has 84 valence electrons. The standard InChI is InChI=1S/C10H6ClN5O/c11-8-7-5(3-6-12-1-2-13-6)10(17)16-9(7)15-4-14-8/h1-4H,(H,12,13)(H,14,15,16,17). The Bertz CT molecular complexity index is 620. The quantitative estimate of drug-likeness (QED) is 0.588. The minimum absolute atomic E-state index is 0.242. The molecule has 1 aliphatic heterocycles. The van der Waals surface area contributed by atoms with Crippen LogP contribution in [0.5, 0.6) is 0 Å². The van der Waals surface area contributed by atoms with Crippen molar-refractivity contribution >= 4 is 35.0 Å². The Labute approximate surface area is 101 Å². The van der Waals surface area contributed by atoms with Gasteiger partial charge in [0.15, 0.2) is 0 Å².